The monoisotopic (exact) mass is 313 g/mol. The van der Waals surface area contributed by atoms with Crippen LogP contribution in [-0.2, 0) is 6.61 Å². The highest BCUT2D eigenvalue weighted by Crippen LogP contribution is 2.29. The van der Waals surface area contributed by atoms with E-state index in [1.165, 1.54) is 12.1 Å². The van der Waals surface area contributed by atoms with Gasteiger partial charge in [0.05, 0.1) is 10.2 Å². The van der Waals surface area contributed by atoms with E-state index in [0.717, 1.165) is 6.07 Å². The van der Waals surface area contributed by atoms with Gasteiger partial charge in [0.2, 0.25) is 0 Å². The summed E-state index contributed by atoms with van der Waals surface area (Å²) in [6.07, 6.45) is 0. The lowest BCUT2D eigenvalue weighted by atomic mass is 10.2. The van der Waals surface area contributed by atoms with Crippen molar-refractivity contribution >= 4 is 21.6 Å². The molecule has 0 aliphatic rings. The topological polar surface area (TPSA) is 35.2 Å². The van der Waals surface area contributed by atoms with Gasteiger partial charge in [0.1, 0.15) is 24.0 Å². The van der Waals surface area contributed by atoms with E-state index < -0.39 is 5.82 Å². The minimum Gasteiger partial charge on any atom is -0.487 e. The highest BCUT2D eigenvalue weighted by atomic mass is 79.9. The quantitative estimate of drug-likeness (QED) is 0.873. The highest BCUT2D eigenvalue weighted by molar-refractivity contribution is 9.10. The van der Waals surface area contributed by atoms with E-state index in [1.54, 1.807) is 18.2 Å². The Kier molecular flexibility index (Phi) is 3.81. The van der Waals surface area contributed by atoms with Crippen LogP contribution < -0.4 is 10.5 Å². The van der Waals surface area contributed by atoms with Crippen LogP contribution in [0.2, 0.25) is 0 Å². The van der Waals surface area contributed by atoms with Crippen LogP contribution in [-0.4, -0.2) is 0 Å². The maximum absolute atomic E-state index is 13.4. The first-order valence-electron chi connectivity index (χ1n) is 5.18. The molecule has 2 rings (SSSR count). The lowest BCUT2D eigenvalue weighted by Gasteiger charge is -2.10. The number of hydrogen-bond acceptors (Lipinski definition) is 2. The van der Waals surface area contributed by atoms with Crippen molar-refractivity contribution in [1.29, 1.82) is 0 Å². The molecule has 94 valence electrons. The minimum atomic E-state index is -0.467. The number of benzene rings is 2. The second kappa shape index (κ2) is 5.35. The molecule has 0 bridgehead atoms. The van der Waals surface area contributed by atoms with Gasteiger partial charge in [-0.2, -0.15) is 0 Å². The summed E-state index contributed by atoms with van der Waals surface area (Å²) in [4.78, 5) is 0. The van der Waals surface area contributed by atoms with Gasteiger partial charge in [0.15, 0.2) is 0 Å². The molecule has 0 radical (unpaired) electrons. The Hall–Kier alpha value is -1.62. The fraction of sp³-hybridized carbons (Fsp3) is 0.0769. The highest BCUT2D eigenvalue weighted by Gasteiger charge is 2.08. The van der Waals surface area contributed by atoms with Crippen molar-refractivity contribution < 1.29 is 13.5 Å². The summed E-state index contributed by atoms with van der Waals surface area (Å²) < 4.78 is 32.1. The van der Waals surface area contributed by atoms with E-state index in [1.807, 2.05) is 0 Å². The van der Waals surface area contributed by atoms with Gasteiger partial charge in [-0.3, -0.25) is 0 Å². The first-order valence-corrected chi connectivity index (χ1v) is 5.98. The van der Waals surface area contributed by atoms with Gasteiger partial charge in [-0.15, -0.1) is 0 Å². The van der Waals surface area contributed by atoms with Crippen LogP contribution in [0.1, 0.15) is 5.56 Å². The van der Waals surface area contributed by atoms with Gasteiger partial charge < -0.3 is 10.5 Å². The van der Waals surface area contributed by atoms with Crippen molar-refractivity contribution in [3.05, 3.63) is 58.1 Å². The lowest BCUT2D eigenvalue weighted by molar-refractivity contribution is 0.301. The fourth-order valence-electron chi connectivity index (χ4n) is 1.44. The van der Waals surface area contributed by atoms with Crippen LogP contribution >= 0.6 is 15.9 Å². The summed E-state index contributed by atoms with van der Waals surface area (Å²) in [6.45, 7) is 0.0367. The standard InChI is InChI=1S/C13H10BrF2NO/c14-9-5-13(12(17)6-11(9)16)18-7-8-3-1-2-4-10(8)15/h1-6H,7,17H2. The van der Waals surface area contributed by atoms with Gasteiger partial charge in [-0.05, 0) is 28.1 Å². The zero-order valence-corrected chi connectivity index (χ0v) is 10.9. The summed E-state index contributed by atoms with van der Waals surface area (Å²) in [5.41, 5.74) is 6.20. The largest absolute Gasteiger partial charge is 0.487 e. The molecule has 0 spiro atoms. The zero-order valence-electron chi connectivity index (χ0n) is 9.29. The minimum absolute atomic E-state index is 0.0367. The van der Waals surface area contributed by atoms with Gasteiger partial charge in [-0.1, -0.05) is 18.2 Å². The molecule has 5 heteroatoms. The Morgan fingerprint density at radius 2 is 1.83 bits per heavy atom. The third-order valence-electron chi connectivity index (χ3n) is 2.39. The summed E-state index contributed by atoms with van der Waals surface area (Å²) in [5, 5.41) is 0. The van der Waals surface area contributed by atoms with Crippen molar-refractivity contribution in [3.63, 3.8) is 0 Å². The number of rotatable bonds is 3. The molecule has 2 aromatic rings. The first kappa shape index (κ1) is 12.8. The van der Waals surface area contributed by atoms with Crippen LogP contribution in [0.5, 0.6) is 5.75 Å². The summed E-state index contributed by atoms with van der Waals surface area (Å²) in [6, 6.07) is 8.85. The molecule has 0 aromatic heterocycles. The van der Waals surface area contributed by atoms with E-state index in [0.29, 0.717) is 11.3 Å². The summed E-state index contributed by atoms with van der Waals surface area (Å²) in [5.74, 6) is -0.505. The molecule has 2 N–H and O–H groups in total. The predicted molar refractivity (Wildman–Crippen MR) is 69.2 cm³/mol. The van der Waals surface area contributed by atoms with Crippen molar-refractivity contribution in [1.82, 2.24) is 0 Å². The Morgan fingerprint density at radius 3 is 2.56 bits per heavy atom. The molecule has 0 amide bonds. The molecule has 2 nitrogen and oxygen atoms in total. The molecule has 0 heterocycles. The number of nitrogen functional groups attached to an aromatic ring is 1. The normalized spacial score (nSPS) is 10.4. The van der Waals surface area contributed by atoms with Crippen molar-refractivity contribution in [2.45, 2.75) is 6.61 Å². The molecule has 0 saturated carbocycles. The first-order chi connectivity index (χ1) is 8.58. The van der Waals surface area contributed by atoms with E-state index in [2.05, 4.69) is 15.9 Å². The number of nitrogens with two attached hydrogens (primary N) is 1. The molecule has 0 fully saturated rings. The fourth-order valence-corrected chi connectivity index (χ4v) is 1.76. The van der Waals surface area contributed by atoms with Crippen molar-refractivity contribution in [3.8, 4) is 5.75 Å². The Labute approximate surface area is 112 Å². The third-order valence-corrected chi connectivity index (χ3v) is 3.00. The smallest absolute Gasteiger partial charge is 0.144 e. The lowest BCUT2D eigenvalue weighted by Crippen LogP contribution is -2.01. The molecule has 0 atom stereocenters. The third kappa shape index (κ3) is 2.79. The number of halogens is 3. The van der Waals surface area contributed by atoms with Gasteiger partial charge >= 0.3 is 0 Å². The average molecular weight is 314 g/mol. The molecular formula is C13H10BrF2NO. The van der Waals surface area contributed by atoms with Crippen molar-refractivity contribution in [2.24, 2.45) is 0 Å². The molecule has 2 aromatic carbocycles. The molecule has 18 heavy (non-hydrogen) atoms. The second-order valence-corrected chi connectivity index (χ2v) is 4.54. The molecule has 0 aliphatic carbocycles. The van der Waals surface area contributed by atoms with Crippen LogP contribution in [0, 0.1) is 11.6 Å². The maximum Gasteiger partial charge on any atom is 0.144 e. The SMILES string of the molecule is Nc1cc(F)c(Br)cc1OCc1ccccc1F. The predicted octanol–water partition coefficient (Wildman–Crippen LogP) is 3.89. The zero-order chi connectivity index (χ0) is 13.1. The van der Waals surface area contributed by atoms with E-state index >= 15 is 0 Å². The second-order valence-electron chi connectivity index (χ2n) is 3.68. The van der Waals surface area contributed by atoms with Gasteiger partial charge in [-0.25, -0.2) is 8.78 Å². The Bertz CT molecular complexity index is 575. The molecular weight excluding hydrogens is 304 g/mol. The number of anilines is 1. The molecule has 0 aliphatic heterocycles. The van der Waals surface area contributed by atoms with Crippen LogP contribution in [0.15, 0.2) is 40.9 Å². The van der Waals surface area contributed by atoms with E-state index in [9.17, 15) is 8.78 Å². The Morgan fingerprint density at radius 1 is 1.11 bits per heavy atom. The Balaban J connectivity index is 2.16. The van der Waals surface area contributed by atoms with E-state index in [4.69, 9.17) is 10.5 Å². The van der Waals surface area contributed by atoms with Crippen molar-refractivity contribution in [2.75, 3.05) is 5.73 Å². The summed E-state index contributed by atoms with van der Waals surface area (Å²) in [7, 11) is 0. The summed E-state index contributed by atoms with van der Waals surface area (Å²) >= 11 is 3.04. The molecule has 0 unspecified atom stereocenters. The maximum atomic E-state index is 13.4. The average Bonchev–Trinajstić information content (AvgIpc) is 2.34. The molecule has 0 saturated heterocycles. The van der Waals surface area contributed by atoms with E-state index in [-0.39, 0.29) is 22.6 Å². The van der Waals surface area contributed by atoms with Gasteiger partial charge in [0.25, 0.3) is 0 Å². The van der Waals surface area contributed by atoms with Crippen LogP contribution in [0.25, 0.3) is 0 Å². The van der Waals surface area contributed by atoms with Crippen LogP contribution in [0.4, 0.5) is 14.5 Å². The van der Waals surface area contributed by atoms with Gasteiger partial charge in [0, 0.05) is 11.6 Å². The number of ether oxygens (including phenoxy) is 1. The van der Waals surface area contributed by atoms with Crippen LogP contribution in [0.3, 0.4) is 0 Å². The number of hydrogen-bond donors (Lipinski definition) is 1.